The van der Waals surface area contributed by atoms with Crippen LogP contribution in [0.1, 0.15) is 15.9 Å². The Bertz CT molecular complexity index is 1010. The summed E-state index contributed by atoms with van der Waals surface area (Å²) in [6.45, 7) is 1.31. The van der Waals surface area contributed by atoms with Crippen LogP contribution < -0.4 is 5.73 Å². The second kappa shape index (κ2) is 6.81. The topological polar surface area (TPSA) is 103 Å². The summed E-state index contributed by atoms with van der Waals surface area (Å²) in [6, 6.07) is 11.1. The molecule has 8 heteroatoms. The molecule has 0 unspecified atom stereocenters. The number of primary amides is 1. The number of likely N-dealkylation sites (tertiary alicyclic amines) is 1. The van der Waals surface area contributed by atoms with Gasteiger partial charge in [-0.25, -0.2) is 9.50 Å². The van der Waals surface area contributed by atoms with E-state index in [1.54, 1.807) is 28.7 Å². The molecule has 2 amide bonds. The highest BCUT2D eigenvalue weighted by atomic mass is 16.5. The van der Waals surface area contributed by atoms with E-state index < -0.39 is 5.91 Å². The fourth-order valence-electron chi connectivity index (χ4n) is 3.19. The number of pyridine rings is 1. The number of benzene rings is 1. The maximum absolute atomic E-state index is 12.3. The number of aromatic nitrogens is 3. The van der Waals surface area contributed by atoms with Crippen molar-refractivity contribution in [3.05, 3.63) is 53.9 Å². The Balaban J connectivity index is 1.54. The first-order chi connectivity index (χ1) is 13.1. The number of carbonyl (C=O) groups is 2. The molecule has 1 aromatic carbocycles. The smallest absolute Gasteiger partial charge is 0.252 e. The van der Waals surface area contributed by atoms with Gasteiger partial charge in [0.05, 0.1) is 23.8 Å². The molecule has 0 aliphatic carbocycles. The molecule has 0 atom stereocenters. The molecular weight excluding hydrogens is 346 g/mol. The number of carbonyl (C=O) groups excluding carboxylic acids is 2. The van der Waals surface area contributed by atoms with Crippen LogP contribution >= 0.6 is 0 Å². The lowest BCUT2D eigenvalue weighted by atomic mass is 10.0. The monoisotopic (exact) mass is 365 g/mol. The van der Waals surface area contributed by atoms with Crippen LogP contribution in [0.2, 0.25) is 0 Å². The average molecular weight is 365 g/mol. The third kappa shape index (κ3) is 3.15. The third-order valence-electron chi connectivity index (χ3n) is 4.83. The Hall–Kier alpha value is -3.26. The minimum absolute atomic E-state index is 0.0977. The molecule has 1 aliphatic heterocycles. The van der Waals surface area contributed by atoms with Gasteiger partial charge in [0, 0.05) is 25.8 Å². The number of fused-ring (bicyclic) bond motifs is 1. The van der Waals surface area contributed by atoms with Crippen molar-refractivity contribution in [1.82, 2.24) is 19.5 Å². The molecule has 3 heterocycles. The number of hydrogen-bond acceptors (Lipinski definition) is 5. The summed E-state index contributed by atoms with van der Waals surface area (Å²) in [5.41, 5.74) is 8.76. The summed E-state index contributed by atoms with van der Waals surface area (Å²) >= 11 is 0. The SMILES string of the molecule is COC1CN(C(=O)Cc2ccc(-c3ccc(C(N)=O)c4ncnn34)cc2)C1. The highest BCUT2D eigenvalue weighted by Gasteiger charge is 2.30. The minimum atomic E-state index is -0.546. The summed E-state index contributed by atoms with van der Waals surface area (Å²) in [6.07, 6.45) is 1.90. The van der Waals surface area contributed by atoms with Gasteiger partial charge in [-0.1, -0.05) is 24.3 Å². The van der Waals surface area contributed by atoms with E-state index >= 15 is 0 Å². The number of hydrogen-bond donors (Lipinski definition) is 1. The van der Waals surface area contributed by atoms with Crippen LogP contribution in [0, 0.1) is 0 Å². The summed E-state index contributed by atoms with van der Waals surface area (Å²) in [7, 11) is 1.66. The van der Waals surface area contributed by atoms with Gasteiger partial charge >= 0.3 is 0 Å². The van der Waals surface area contributed by atoms with E-state index in [-0.39, 0.29) is 12.0 Å². The van der Waals surface area contributed by atoms with E-state index in [1.165, 1.54) is 6.33 Å². The van der Waals surface area contributed by atoms with E-state index in [0.29, 0.717) is 30.7 Å². The molecule has 1 saturated heterocycles. The predicted molar refractivity (Wildman–Crippen MR) is 98.0 cm³/mol. The maximum Gasteiger partial charge on any atom is 0.252 e. The van der Waals surface area contributed by atoms with E-state index in [1.807, 2.05) is 24.3 Å². The predicted octanol–water partition coefficient (Wildman–Crippen LogP) is 0.895. The third-order valence-corrected chi connectivity index (χ3v) is 4.83. The zero-order valence-electron chi connectivity index (χ0n) is 14.8. The van der Waals surface area contributed by atoms with Crippen LogP contribution in [-0.2, 0) is 16.0 Å². The number of ether oxygens (including phenoxy) is 1. The molecule has 1 aliphatic rings. The second-order valence-corrected chi connectivity index (χ2v) is 6.52. The zero-order valence-corrected chi connectivity index (χ0v) is 14.8. The summed E-state index contributed by atoms with van der Waals surface area (Å²) in [5.74, 6) is -0.448. The largest absolute Gasteiger partial charge is 0.378 e. The molecule has 2 N–H and O–H groups in total. The van der Waals surface area contributed by atoms with Crippen LogP contribution in [0.3, 0.4) is 0 Å². The Kier molecular flexibility index (Phi) is 4.33. The molecule has 4 rings (SSSR count). The Labute approximate surface area is 155 Å². The summed E-state index contributed by atoms with van der Waals surface area (Å²) in [5, 5.41) is 4.19. The van der Waals surface area contributed by atoms with E-state index in [2.05, 4.69) is 10.1 Å². The molecule has 1 fully saturated rings. The number of nitrogens with zero attached hydrogens (tertiary/aromatic N) is 4. The average Bonchev–Trinajstić information content (AvgIpc) is 3.10. The van der Waals surface area contributed by atoms with Gasteiger partial charge in [-0.3, -0.25) is 9.59 Å². The maximum atomic E-state index is 12.3. The van der Waals surface area contributed by atoms with Gasteiger partial charge < -0.3 is 15.4 Å². The van der Waals surface area contributed by atoms with E-state index in [4.69, 9.17) is 10.5 Å². The molecule has 3 aromatic rings. The quantitative estimate of drug-likeness (QED) is 0.723. The highest BCUT2D eigenvalue weighted by Crippen LogP contribution is 2.23. The van der Waals surface area contributed by atoms with Gasteiger partial charge in [0.25, 0.3) is 5.91 Å². The molecule has 0 radical (unpaired) electrons. The van der Waals surface area contributed by atoms with E-state index in [9.17, 15) is 9.59 Å². The fourth-order valence-corrected chi connectivity index (χ4v) is 3.19. The van der Waals surface area contributed by atoms with Crippen LogP contribution in [0.25, 0.3) is 16.9 Å². The van der Waals surface area contributed by atoms with Gasteiger partial charge in [-0.2, -0.15) is 5.10 Å². The van der Waals surface area contributed by atoms with Crippen molar-refractivity contribution in [3.8, 4) is 11.3 Å². The lowest BCUT2D eigenvalue weighted by Crippen LogP contribution is -2.54. The first-order valence-electron chi connectivity index (χ1n) is 8.59. The van der Waals surface area contributed by atoms with Crippen molar-refractivity contribution in [3.63, 3.8) is 0 Å². The highest BCUT2D eigenvalue weighted by molar-refractivity contribution is 5.99. The normalized spacial score (nSPS) is 14.3. The summed E-state index contributed by atoms with van der Waals surface area (Å²) < 4.78 is 6.79. The van der Waals surface area contributed by atoms with Crippen LogP contribution in [0.5, 0.6) is 0 Å². The number of amides is 2. The molecule has 138 valence electrons. The Morgan fingerprint density at radius 1 is 1.19 bits per heavy atom. The lowest BCUT2D eigenvalue weighted by molar-refractivity contribution is -0.142. The van der Waals surface area contributed by atoms with Gasteiger partial charge in [0.2, 0.25) is 5.91 Å². The van der Waals surface area contributed by atoms with E-state index in [0.717, 1.165) is 16.8 Å². The Morgan fingerprint density at radius 2 is 1.93 bits per heavy atom. The molecule has 8 nitrogen and oxygen atoms in total. The number of rotatable bonds is 5. The molecule has 27 heavy (non-hydrogen) atoms. The van der Waals surface area contributed by atoms with Crippen LogP contribution in [0.15, 0.2) is 42.7 Å². The van der Waals surface area contributed by atoms with Crippen LogP contribution in [0.4, 0.5) is 0 Å². The van der Waals surface area contributed by atoms with Crippen molar-refractivity contribution in [1.29, 1.82) is 0 Å². The van der Waals surface area contributed by atoms with Crippen molar-refractivity contribution in [2.75, 3.05) is 20.2 Å². The molecule has 0 saturated carbocycles. The van der Waals surface area contributed by atoms with Gasteiger partial charge in [0.15, 0.2) is 5.65 Å². The van der Waals surface area contributed by atoms with Crippen molar-refractivity contribution < 1.29 is 14.3 Å². The van der Waals surface area contributed by atoms with Crippen molar-refractivity contribution >= 4 is 17.5 Å². The van der Waals surface area contributed by atoms with Crippen molar-refractivity contribution in [2.45, 2.75) is 12.5 Å². The van der Waals surface area contributed by atoms with Gasteiger partial charge in [-0.05, 0) is 17.7 Å². The Morgan fingerprint density at radius 3 is 2.59 bits per heavy atom. The molecule has 2 aromatic heterocycles. The first-order valence-corrected chi connectivity index (χ1v) is 8.59. The van der Waals surface area contributed by atoms with Gasteiger partial charge in [-0.15, -0.1) is 0 Å². The van der Waals surface area contributed by atoms with Crippen LogP contribution in [-0.4, -0.2) is 57.6 Å². The summed E-state index contributed by atoms with van der Waals surface area (Å²) in [4.78, 5) is 29.7. The van der Waals surface area contributed by atoms with Gasteiger partial charge in [0.1, 0.15) is 6.33 Å². The molecular formula is C19H19N5O3. The number of nitrogens with two attached hydrogens (primary N) is 1. The molecule has 0 bridgehead atoms. The minimum Gasteiger partial charge on any atom is -0.378 e. The first kappa shape index (κ1) is 17.2. The second-order valence-electron chi connectivity index (χ2n) is 6.52. The lowest BCUT2D eigenvalue weighted by Gasteiger charge is -2.38. The zero-order chi connectivity index (χ0) is 19.0. The van der Waals surface area contributed by atoms with Crippen molar-refractivity contribution in [2.24, 2.45) is 5.73 Å². The molecule has 0 spiro atoms. The standard InChI is InChI=1S/C19H19N5O3/c1-27-14-9-23(10-14)17(25)8-12-2-4-13(5-3-12)16-7-6-15(18(20)26)19-21-11-22-24(16)19/h2-7,11,14H,8-10H2,1H3,(H2,20,26). The number of methoxy groups -OCH3 is 1. The fraction of sp³-hybridized carbons (Fsp3) is 0.263.